The Hall–Kier alpha value is -1.99. The van der Waals surface area contributed by atoms with Gasteiger partial charge in [-0.1, -0.05) is 13.0 Å². The molecule has 2 aromatic heterocycles. The van der Waals surface area contributed by atoms with Crippen LogP contribution in [-0.2, 0) is 13.6 Å². The molecule has 1 aliphatic rings. The molecule has 2 aromatic rings. The van der Waals surface area contributed by atoms with Crippen molar-refractivity contribution in [2.75, 3.05) is 20.2 Å². The van der Waals surface area contributed by atoms with Crippen LogP contribution in [0.3, 0.4) is 0 Å². The average molecular weight is 389 g/mol. The molecule has 6 nitrogen and oxygen atoms in total. The second-order valence-corrected chi connectivity index (χ2v) is 8.23. The van der Waals surface area contributed by atoms with Gasteiger partial charge >= 0.3 is 0 Å². The molecule has 27 heavy (non-hydrogen) atoms. The smallest absolute Gasteiger partial charge is 0.268 e. The number of piperidine rings is 1. The Morgan fingerprint density at radius 3 is 2.85 bits per heavy atom. The highest BCUT2D eigenvalue weighted by atomic mass is 32.2. The zero-order chi connectivity index (χ0) is 19.4. The molecule has 0 aromatic carbocycles. The molecule has 1 N–H and O–H groups in total. The Morgan fingerprint density at radius 1 is 1.41 bits per heavy atom. The van der Waals surface area contributed by atoms with E-state index in [1.165, 1.54) is 12.8 Å². The quantitative estimate of drug-likeness (QED) is 0.769. The standard InChI is InChI=1S/C20H28N4O2S/c1-14-7-10-24(11-8-14)27-18-12-17(23(3)15(18)2)19(25)22-13-16-6-5-9-21-20(16)26-4/h5-6,9,12,14H,7-8,10-11,13H2,1-4H3,(H,22,25). The number of hydrogen-bond donors (Lipinski definition) is 1. The molecule has 1 amide bonds. The predicted molar refractivity (Wildman–Crippen MR) is 108 cm³/mol. The molecule has 0 saturated carbocycles. The molecular formula is C20H28N4O2S. The minimum absolute atomic E-state index is 0.0920. The summed E-state index contributed by atoms with van der Waals surface area (Å²) in [7, 11) is 3.52. The van der Waals surface area contributed by atoms with Crippen molar-refractivity contribution in [1.82, 2.24) is 19.2 Å². The van der Waals surface area contributed by atoms with E-state index < -0.39 is 0 Å². The highest BCUT2D eigenvalue weighted by Gasteiger charge is 2.21. The Morgan fingerprint density at radius 2 is 2.15 bits per heavy atom. The normalized spacial score (nSPS) is 15.7. The first kappa shape index (κ1) is 19.8. The van der Waals surface area contributed by atoms with Crippen LogP contribution in [0.25, 0.3) is 0 Å². The van der Waals surface area contributed by atoms with Crippen LogP contribution in [0, 0.1) is 12.8 Å². The van der Waals surface area contributed by atoms with Crippen molar-refractivity contribution in [3.63, 3.8) is 0 Å². The number of aromatic nitrogens is 2. The fourth-order valence-electron chi connectivity index (χ4n) is 3.21. The van der Waals surface area contributed by atoms with Crippen molar-refractivity contribution in [2.45, 2.75) is 38.1 Å². The van der Waals surface area contributed by atoms with Gasteiger partial charge in [-0.15, -0.1) is 0 Å². The number of ether oxygens (including phenoxy) is 1. The largest absolute Gasteiger partial charge is 0.481 e. The van der Waals surface area contributed by atoms with E-state index in [0.717, 1.165) is 35.2 Å². The molecule has 0 atom stereocenters. The summed E-state index contributed by atoms with van der Waals surface area (Å²) >= 11 is 1.77. The molecule has 0 bridgehead atoms. The molecule has 0 unspecified atom stereocenters. The van der Waals surface area contributed by atoms with Crippen molar-refractivity contribution in [1.29, 1.82) is 0 Å². The monoisotopic (exact) mass is 388 g/mol. The highest BCUT2D eigenvalue weighted by Crippen LogP contribution is 2.32. The maximum Gasteiger partial charge on any atom is 0.268 e. The average Bonchev–Trinajstić information content (AvgIpc) is 2.96. The minimum Gasteiger partial charge on any atom is -0.481 e. The Labute approximate surface area is 165 Å². The summed E-state index contributed by atoms with van der Waals surface area (Å²) in [6.07, 6.45) is 4.15. The molecule has 7 heteroatoms. The van der Waals surface area contributed by atoms with Gasteiger partial charge in [-0.25, -0.2) is 9.29 Å². The van der Waals surface area contributed by atoms with Gasteiger partial charge < -0.3 is 14.6 Å². The number of nitrogens with zero attached hydrogens (tertiary/aromatic N) is 3. The van der Waals surface area contributed by atoms with Gasteiger partial charge in [0, 0.05) is 49.0 Å². The van der Waals surface area contributed by atoms with Crippen LogP contribution in [0.5, 0.6) is 5.88 Å². The predicted octanol–water partition coefficient (Wildman–Crippen LogP) is 3.41. The second-order valence-electron chi connectivity index (χ2n) is 7.10. The van der Waals surface area contributed by atoms with Crippen LogP contribution in [0.15, 0.2) is 29.3 Å². The van der Waals surface area contributed by atoms with Crippen molar-refractivity contribution in [3.05, 3.63) is 41.3 Å². The van der Waals surface area contributed by atoms with Crippen LogP contribution < -0.4 is 10.1 Å². The molecule has 146 valence electrons. The van der Waals surface area contributed by atoms with E-state index in [-0.39, 0.29) is 5.91 Å². The minimum atomic E-state index is -0.0920. The lowest BCUT2D eigenvalue weighted by Crippen LogP contribution is -2.27. The highest BCUT2D eigenvalue weighted by molar-refractivity contribution is 7.97. The molecule has 1 fully saturated rings. The van der Waals surface area contributed by atoms with Gasteiger partial charge in [0.2, 0.25) is 5.88 Å². The number of pyridine rings is 1. The maximum atomic E-state index is 12.7. The summed E-state index contributed by atoms with van der Waals surface area (Å²) in [5, 5.41) is 2.98. The van der Waals surface area contributed by atoms with E-state index in [1.807, 2.05) is 29.8 Å². The number of nitrogens with one attached hydrogen (secondary N) is 1. The van der Waals surface area contributed by atoms with Crippen LogP contribution in [0.4, 0.5) is 0 Å². The molecule has 0 aliphatic carbocycles. The van der Waals surface area contributed by atoms with Crippen molar-refractivity contribution < 1.29 is 9.53 Å². The first-order valence-corrected chi connectivity index (χ1v) is 10.1. The van der Waals surface area contributed by atoms with Crippen molar-refractivity contribution in [2.24, 2.45) is 13.0 Å². The zero-order valence-electron chi connectivity index (χ0n) is 16.5. The van der Waals surface area contributed by atoms with Crippen molar-refractivity contribution >= 4 is 17.9 Å². The Kier molecular flexibility index (Phi) is 6.44. The molecular weight excluding hydrogens is 360 g/mol. The van der Waals surface area contributed by atoms with E-state index in [4.69, 9.17) is 4.74 Å². The summed E-state index contributed by atoms with van der Waals surface area (Å²) in [4.78, 5) is 18.0. The summed E-state index contributed by atoms with van der Waals surface area (Å²) in [5.41, 5.74) is 2.64. The molecule has 3 rings (SSSR count). The first-order valence-electron chi connectivity index (χ1n) is 9.35. The van der Waals surface area contributed by atoms with E-state index in [0.29, 0.717) is 18.1 Å². The molecule has 1 saturated heterocycles. The third-order valence-corrected chi connectivity index (χ3v) is 6.41. The van der Waals surface area contributed by atoms with Crippen LogP contribution >= 0.6 is 11.9 Å². The van der Waals surface area contributed by atoms with E-state index in [2.05, 4.69) is 28.5 Å². The number of methoxy groups -OCH3 is 1. The lowest BCUT2D eigenvalue weighted by atomic mass is 10.0. The van der Waals surface area contributed by atoms with E-state index in [9.17, 15) is 4.79 Å². The lowest BCUT2D eigenvalue weighted by molar-refractivity contribution is 0.0942. The fourth-order valence-corrected chi connectivity index (χ4v) is 4.31. The summed E-state index contributed by atoms with van der Waals surface area (Å²) in [5.74, 6) is 1.26. The fraction of sp³-hybridized carbons (Fsp3) is 0.500. The number of hydrogen-bond acceptors (Lipinski definition) is 5. The van der Waals surface area contributed by atoms with Crippen molar-refractivity contribution in [3.8, 4) is 5.88 Å². The molecule has 0 radical (unpaired) electrons. The number of rotatable bonds is 6. The Bertz CT molecular complexity index is 797. The van der Waals surface area contributed by atoms with Crippen LogP contribution in [0.2, 0.25) is 0 Å². The van der Waals surface area contributed by atoms with Gasteiger partial charge in [-0.3, -0.25) is 4.79 Å². The number of carbonyl (C=O) groups excluding carboxylic acids is 1. The van der Waals surface area contributed by atoms with Crippen LogP contribution in [-0.4, -0.2) is 40.0 Å². The lowest BCUT2D eigenvalue weighted by Gasteiger charge is -2.28. The summed E-state index contributed by atoms with van der Waals surface area (Å²) < 4.78 is 9.62. The SMILES string of the molecule is COc1ncccc1CNC(=O)c1cc(SN2CCC(C)CC2)c(C)n1C. The molecule has 3 heterocycles. The van der Waals surface area contributed by atoms with E-state index >= 15 is 0 Å². The van der Waals surface area contributed by atoms with E-state index in [1.54, 1.807) is 25.3 Å². The van der Waals surface area contributed by atoms with Gasteiger partial charge in [0.1, 0.15) is 5.69 Å². The molecule has 1 aliphatic heterocycles. The number of amides is 1. The third kappa shape index (κ3) is 4.65. The van der Waals surface area contributed by atoms with Gasteiger partial charge in [-0.05, 0) is 49.8 Å². The molecule has 0 spiro atoms. The van der Waals surface area contributed by atoms with Gasteiger partial charge in [0.05, 0.1) is 7.11 Å². The van der Waals surface area contributed by atoms with Gasteiger partial charge in [0.25, 0.3) is 5.91 Å². The maximum absolute atomic E-state index is 12.7. The summed E-state index contributed by atoms with van der Waals surface area (Å²) in [6, 6.07) is 5.74. The summed E-state index contributed by atoms with van der Waals surface area (Å²) in [6.45, 7) is 6.96. The topological polar surface area (TPSA) is 59.4 Å². The third-order valence-electron chi connectivity index (χ3n) is 5.17. The Balaban J connectivity index is 1.66. The van der Waals surface area contributed by atoms with Gasteiger partial charge in [0.15, 0.2) is 0 Å². The first-order chi connectivity index (χ1) is 13.0. The van der Waals surface area contributed by atoms with Crippen LogP contribution in [0.1, 0.15) is 41.5 Å². The van der Waals surface area contributed by atoms with Gasteiger partial charge in [-0.2, -0.15) is 0 Å². The second kappa shape index (κ2) is 8.80. The zero-order valence-corrected chi connectivity index (χ0v) is 17.3. The number of carbonyl (C=O) groups is 1.